The van der Waals surface area contributed by atoms with Crippen LogP contribution in [0.4, 0.5) is 0 Å². The fourth-order valence-electron chi connectivity index (χ4n) is 3.11. The van der Waals surface area contributed by atoms with Crippen LogP contribution in [0.2, 0.25) is 0 Å². The van der Waals surface area contributed by atoms with Gasteiger partial charge in [-0.25, -0.2) is 0 Å². The number of esters is 1. The lowest BCUT2D eigenvalue weighted by Gasteiger charge is -2.27. The lowest BCUT2D eigenvalue weighted by Crippen LogP contribution is -2.49. The zero-order valence-corrected chi connectivity index (χ0v) is 12.2. The van der Waals surface area contributed by atoms with E-state index in [4.69, 9.17) is 9.47 Å². The van der Waals surface area contributed by atoms with Crippen molar-refractivity contribution in [1.82, 2.24) is 5.32 Å². The molecule has 0 heterocycles. The maximum Gasteiger partial charge on any atom is 0.326 e. The summed E-state index contributed by atoms with van der Waals surface area (Å²) in [6.07, 6.45) is 8.03. The van der Waals surface area contributed by atoms with E-state index in [1.807, 2.05) is 14.0 Å². The van der Waals surface area contributed by atoms with Crippen LogP contribution < -0.4 is 5.32 Å². The van der Waals surface area contributed by atoms with Crippen molar-refractivity contribution in [2.24, 2.45) is 5.92 Å². The monoisotopic (exact) mass is 269 g/mol. The number of hydrogen-bond acceptors (Lipinski definition) is 4. The van der Waals surface area contributed by atoms with Crippen LogP contribution in [0.15, 0.2) is 0 Å². The Bertz CT molecular complexity index is 304. The fraction of sp³-hybridized carbons (Fsp3) is 0.933. The summed E-state index contributed by atoms with van der Waals surface area (Å²) in [5.74, 6) is 0.767. The molecule has 2 aliphatic carbocycles. The van der Waals surface area contributed by atoms with E-state index in [1.165, 1.54) is 25.7 Å². The molecule has 0 bridgehead atoms. The quantitative estimate of drug-likeness (QED) is 0.720. The predicted octanol–water partition coefficient (Wildman–Crippen LogP) is 2.27. The number of rotatable bonds is 7. The Morgan fingerprint density at radius 2 is 2.16 bits per heavy atom. The number of ether oxygens (including phenoxy) is 2. The van der Waals surface area contributed by atoms with Crippen LogP contribution in [-0.2, 0) is 14.3 Å². The molecule has 0 amide bonds. The third-order valence-electron chi connectivity index (χ3n) is 4.72. The number of nitrogens with one attached hydrogen (secondary N) is 1. The molecule has 0 spiro atoms. The Labute approximate surface area is 116 Å². The second-order valence-electron chi connectivity index (χ2n) is 5.87. The van der Waals surface area contributed by atoms with Crippen molar-refractivity contribution >= 4 is 5.97 Å². The maximum absolute atomic E-state index is 12.0. The van der Waals surface area contributed by atoms with E-state index in [0.29, 0.717) is 6.61 Å². The average molecular weight is 269 g/mol. The molecule has 19 heavy (non-hydrogen) atoms. The molecule has 0 aromatic carbocycles. The van der Waals surface area contributed by atoms with Gasteiger partial charge in [0, 0.05) is 13.0 Å². The van der Waals surface area contributed by atoms with Gasteiger partial charge >= 0.3 is 5.97 Å². The smallest absolute Gasteiger partial charge is 0.326 e. The van der Waals surface area contributed by atoms with E-state index >= 15 is 0 Å². The summed E-state index contributed by atoms with van der Waals surface area (Å²) in [6.45, 7) is 3.14. The predicted molar refractivity (Wildman–Crippen MR) is 74.0 cm³/mol. The lowest BCUT2D eigenvalue weighted by atomic mass is 9.83. The Hall–Kier alpha value is -0.610. The van der Waals surface area contributed by atoms with E-state index in [0.717, 1.165) is 31.8 Å². The minimum absolute atomic E-state index is 0.123. The van der Waals surface area contributed by atoms with Crippen molar-refractivity contribution in [1.29, 1.82) is 0 Å². The Morgan fingerprint density at radius 3 is 2.74 bits per heavy atom. The zero-order valence-electron chi connectivity index (χ0n) is 12.2. The molecule has 0 aromatic heterocycles. The normalized spacial score (nSPS) is 31.2. The Balaban J connectivity index is 1.74. The first-order valence-corrected chi connectivity index (χ1v) is 7.68. The summed E-state index contributed by atoms with van der Waals surface area (Å²) in [5, 5.41) is 3.16. The molecule has 2 saturated carbocycles. The third-order valence-corrected chi connectivity index (χ3v) is 4.72. The van der Waals surface area contributed by atoms with Gasteiger partial charge in [0.2, 0.25) is 0 Å². The van der Waals surface area contributed by atoms with Crippen LogP contribution in [0.5, 0.6) is 0 Å². The highest BCUT2D eigenvalue weighted by Gasteiger charge is 2.45. The minimum Gasteiger partial charge on any atom is -0.465 e. The highest BCUT2D eigenvalue weighted by atomic mass is 16.5. The molecule has 1 N–H and O–H groups in total. The summed E-state index contributed by atoms with van der Waals surface area (Å²) in [7, 11) is 1.84. The summed E-state index contributed by atoms with van der Waals surface area (Å²) >= 11 is 0. The molecular formula is C15H27NO3. The van der Waals surface area contributed by atoms with Crippen LogP contribution in [0.25, 0.3) is 0 Å². The molecule has 110 valence electrons. The van der Waals surface area contributed by atoms with Crippen LogP contribution in [0.1, 0.15) is 51.9 Å². The second kappa shape index (κ2) is 6.71. The van der Waals surface area contributed by atoms with Gasteiger partial charge in [0.05, 0.1) is 12.7 Å². The van der Waals surface area contributed by atoms with E-state index in [2.05, 4.69) is 5.32 Å². The molecule has 4 nitrogen and oxygen atoms in total. The average Bonchev–Trinajstić information content (AvgIpc) is 2.78. The summed E-state index contributed by atoms with van der Waals surface area (Å²) in [5.41, 5.74) is -0.517. The van der Waals surface area contributed by atoms with Crippen molar-refractivity contribution in [2.45, 2.75) is 63.5 Å². The number of carbonyl (C=O) groups excluding carboxylic acids is 1. The molecule has 0 aromatic rings. The summed E-state index contributed by atoms with van der Waals surface area (Å²) < 4.78 is 11.1. The summed E-state index contributed by atoms with van der Waals surface area (Å²) in [6, 6.07) is 0. The number of carbonyl (C=O) groups is 1. The van der Waals surface area contributed by atoms with Crippen LogP contribution in [0, 0.1) is 5.92 Å². The molecule has 0 aliphatic heterocycles. The molecular weight excluding hydrogens is 242 g/mol. The van der Waals surface area contributed by atoms with Gasteiger partial charge in [0.1, 0.15) is 5.54 Å². The van der Waals surface area contributed by atoms with Crippen LogP contribution >= 0.6 is 0 Å². The molecule has 0 saturated heterocycles. The number of hydrogen-bond donors (Lipinski definition) is 1. The van der Waals surface area contributed by atoms with Gasteiger partial charge in [-0.3, -0.25) is 4.79 Å². The van der Waals surface area contributed by atoms with Crippen molar-refractivity contribution < 1.29 is 14.3 Å². The standard InChI is InChI=1S/C15H27NO3/c1-3-18-14(17)15(16-2)9-7-13(11-15)19-10-8-12-5-4-6-12/h12-13,16H,3-11H2,1-2H3. The van der Waals surface area contributed by atoms with Gasteiger partial charge in [-0.2, -0.15) is 0 Å². The van der Waals surface area contributed by atoms with Crippen molar-refractivity contribution in [2.75, 3.05) is 20.3 Å². The molecule has 2 fully saturated rings. The van der Waals surface area contributed by atoms with Crippen molar-refractivity contribution in [3.8, 4) is 0 Å². The van der Waals surface area contributed by atoms with Gasteiger partial charge in [0.15, 0.2) is 0 Å². The van der Waals surface area contributed by atoms with E-state index < -0.39 is 5.54 Å². The van der Waals surface area contributed by atoms with E-state index in [1.54, 1.807) is 0 Å². The molecule has 2 aliphatic rings. The van der Waals surface area contributed by atoms with Gasteiger partial charge in [-0.1, -0.05) is 19.3 Å². The van der Waals surface area contributed by atoms with Gasteiger partial charge in [0.25, 0.3) is 0 Å². The third kappa shape index (κ3) is 3.48. The van der Waals surface area contributed by atoms with Gasteiger partial charge < -0.3 is 14.8 Å². The fourth-order valence-corrected chi connectivity index (χ4v) is 3.11. The highest BCUT2D eigenvalue weighted by Crippen LogP contribution is 2.34. The highest BCUT2D eigenvalue weighted by molar-refractivity contribution is 5.81. The number of likely N-dealkylation sites (N-methyl/N-ethyl adjacent to an activating group) is 1. The van der Waals surface area contributed by atoms with Gasteiger partial charge in [-0.15, -0.1) is 0 Å². The molecule has 2 atom stereocenters. The van der Waals surface area contributed by atoms with Crippen LogP contribution in [0.3, 0.4) is 0 Å². The van der Waals surface area contributed by atoms with E-state index in [-0.39, 0.29) is 12.1 Å². The minimum atomic E-state index is -0.517. The molecule has 2 rings (SSSR count). The van der Waals surface area contributed by atoms with Crippen molar-refractivity contribution in [3.05, 3.63) is 0 Å². The molecule has 2 unspecified atom stereocenters. The SMILES string of the molecule is CCOC(=O)C1(NC)CCC(OCCC2CCC2)C1. The lowest BCUT2D eigenvalue weighted by molar-refractivity contribution is -0.151. The van der Waals surface area contributed by atoms with Gasteiger partial charge in [-0.05, 0) is 39.2 Å². The van der Waals surface area contributed by atoms with E-state index in [9.17, 15) is 4.79 Å². The maximum atomic E-state index is 12.0. The first-order valence-electron chi connectivity index (χ1n) is 7.68. The Morgan fingerprint density at radius 1 is 1.37 bits per heavy atom. The first-order chi connectivity index (χ1) is 9.20. The molecule has 0 radical (unpaired) electrons. The molecule has 4 heteroatoms. The second-order valence-corrected chi connectivity index (χ2v) is 5.87. The summed E-state index contributed by atoms with van der Waals surface area (Å²) in [4.78, 5) is 12.0. The largest absolute Gasteiger partial charge is 0.465 e. The van der Waals surface area contributed by atoms with Crippen LogP contribution in [-0.4, -0.2) is 37.9 Å². The first kappa shape index (κ1) is 14.8. The Kier molecular flexibility index (Phi) is 5.22. The zero-order chi connectivity index (χ0) is 13.7. The topological polar surface area (TPSA) is 47.6 Å². The van der Waals surface area contributed by atoms with Crippen molar-refractivity contribution in [3.63, 3.8) is 0 Å².